The predicted molar refractivity (Wildman–Crippen MR) is 79.5 cm³/mol. The fraction of sp³-hybridized carbons (Fsp3) is 0.438. The number of nitrogens with zero attached hydrogens (tertiary/aromatic N) is 1. The third-order valence-electron chi connectivity index (χ3n) is 3.51. The van der Waals surface area contributed by atoms with Crippen LogP contribution in [-0.2, 0) is 0 Å². The van der Waals surface area contributed by atoms with Crippen LogP contribution in [0.15, 0.2) is 18.2 Å². The Hall–Kier alpha value is -1.84. The SMILES string of the molecule is CCCN(CCC)C(=O)c1[nH]c2ccc(F)cc2c1C. The molecular weight excluding hydrogens is 255 g/mol. The lowest BCUT2D eigenvalue weighted by Gasteiger charge is -2.21. The molecule has 0 aliphatic rings. The van der Waals surface area contributed by atoms with Gasteiger partial charge in [0.1, 0.15) is 11.5 Å². The summed E-state index contributed by atoms with van der Waals surface area (Å²) < 4.78 is 13.3. The van der Waals surface area contributed by atoms with Crippen molar-refractivity contribution < 1.29 is 9.18 Å². The summed E-state index contributed by atoms with van der Waals surface area (Å²) in [6.45, 7) is 7.47. The number of aromatic nitrogens is 1. The number of aryl methyl sites for hydroxylation is 1. The summed E-state index contributed by atoms with van der Waals surface area (Å²) in [5.41, 5.74) is 2.20. The molecule has 4 heteroatoms. The van der Waals surface area contributed by atoms with Gasteiger partial charge in [-0.05, 0) is 43.5 Å². The molecule has 108 valence electrons. The Balaban J connectivity index is 2.40. The van der Waals surface area contributed by atoms with Crippen molar-refractivity contribution in [3.63, 3.8) is 0 Å². The lowest BCUT2D eigenvalue weighted by Crippen LogP contribution is -2.33. The molecule has 0 aliphatic carbocycles. The molecule has 2 rings (SSSR count). The van der Waals surface area contributed by atoms with Crippen molar-refractivity contribution in [3.8, 4) is 0 Å². The molecule has 1 amide bonds. The zero-order valence-corrected chi connectivity index (χ0v) is 12.3. The highest BCUT2D eigenvalue weighted by Crippen LogP contribution is 2.23. The van der Waals surface area contributed by atoms with E-state index in [9.17, 15) is 9.18 Å². The molecule has 1 N–H and O–H groups in total. The van der Waals surface area contributed by atoms with Gasteiger partial charge in [0.05, 0.1) is 0 Å². The number of hydrogen-bond donors (Lipinski definition) is 1. The number of carbonyl (C=O) groups excluding carboxylic acids is 1. The van der Waals surface area contributed by atoms with E-state index in [1.807, 2.05) is 11.8 Å². The van der Waals surface area contributed by atoms with Gasteiger partial charge < -0.3 is 9.88 Å². The first-order chi connectivity index (χ1) is 9.58. The molecule has 1 aromatic carbocycles. The molecule has 0 unspecified atom stereocenters. The fourth-order valence-corrected chi connectivity index (χ4v) is 2.53. The Labute approximate surface area is 118 Å². The Morgan fingerprint density at radius 2 is 1.90 bits per heavy atom. The molecule has 0 fully saturated rings. The topological polar surface area (TPSA) is 36.1 Å². The van der Waals surface area contributed by atoms with Crippen LogP contribution in [0.1, 0.15) is 42.7 Å². The predicted octanol–water partition coefficient (Wildman–Crippen LogP) is 3.88. The molecule has 2 aromatic rings. The number of fused-ring (bicyclic) bond motifs is 1. The van der Waals surface area contributed by atoms with Crippen molar-refractivity contribution in [2.75, 3.05) is 13.1 Å². The Morgan fingerprint density at radius 3 is 2.50 bits per heavy atom. The average Bonchev–Trinajstić information content (AvgIpc) is 2.75. The van der Waals surface area contributed by atoms with Crippen LogP contribution in [0.2, 0.25) is 0 Å². The number of halogens is 1. The van der Waals surface area contributed by atoms with E-state index in [-0.39, 0.29) is 11.7 Å². The normalized spacial score (nSPS) is 11.0. The lowest BCUT2D eigenvalue weighted by atomic mass is 10.1. The molecule has 0 atom stereocenters. The maximum absolute atomic E-state index is 13.3. The summed E-state index contributed by atoms with van der Waals surface area (Å²) in [4.78, 5) is 17.6. The van der Waals surface area contributed by atoms with Gasteiger partial charge in [-0.25, -0.2) is 4.39 Å². The monoisotopic (exact) mass is 276 g/mol. The molecule has 0 spiro atoms. The lowest BCUT2D eigenvalue weighted by molar-refractivity contribution is 0.0750. The maximum Gasteiger partial charge on any atom is 0.270 e. The quantitative estimate of drug-likeness (QED) is 0.884. The van der Waals surface area contributed by atoms with Crippen LogP contribution in [-0.4, -0.2) is 28.9 Å². The molecular formula is C16H21FN2O. The highest BCUT2D eigenvalue weighted by molar-refractivity contribution is 6.00. The maximum atomic E-state index is 13.3. The van der Waals surface area contributed by atoms with Crippen molar-refractivity contribution in [1.82, 2.24) is 9.88 Å². The van der Waals surface area contributed by atoms with Gasteiger partial charge in [0.2, 0.25) is 0 Å². The first-order valence-corrected chi connectivity index (χ1v) is 7.15. The number of rotatable bonds is 5. The minimum atomic E-state index is -0.280. The van der Waals surface area contributed by atoms with Gasteiger partial charge in [0.15, 0.2) is 0 Å². The third-order valence-corrected chi connectivity index (χ3v) is 3.51. The summed E-state index contributed by atoms with van der Waals surface area (Å²) in [6, 6.07) is 4.56. The van der Waals surface area contributed by atoms with Crippen LogP contribution in [0, 0.1) is 12.7 Å². The largest absolute Gasteiger partial charge is 0.350 e. The van der Waals surface area contributed by atoms with E-state index in [4.69, 9.17) is 0 Å². The second-order valence-corrected chi connectivity index (χ2v) is 5.11. The average molecular weight is 276 g/mol. The van der Waals surface area contributed by atoms with Gasteiger partial charge in [-0.3, -0.25) is 4.79 Å². The van der Waals surface area contributed by atoms with E-state index < -0.39 is 0 Å². The second kappa shape index (κ2) is 6.07. The van der Waals surface area contributed by atoms with Crippen molar-refractivity contribution in [2.24, 2.45) is 0 Å². The minimum Gasteiger partial charge on any atom is -0.350 e. The number of carbonyl (C=O) groups is 1. The number of amides is 1. The molecule has 3 nitrogen and oxygen atoms in total. The van der Waals surface area contributed by atoms with E-state index in [1.165, 1.54) is 12.1 Å². The highest BCUT2D eigenvalue weighted by atomic mass is 19.1. The Kier molecular flexibility index (Phi) is 4.42. The molecule has 0 radical (unpaired) electrons. The van der Waals surface area contributed by atoms with Gasteiger partial charge >= 0.3 is 0 Å². The zero-order valence-electron chi connectivity index (χ0n) is 12.3. The first kappa shape index (κ1) is 14.6. The van der Waals surface area contributed by atoms with Crippen LogP contribution in [0.4, 0.5) is 4.39 Å². The van der Waals surface area contributed by atoms with Crippen molar-refractivity contribution in [1.29, 1.82) is 0 Å². The van der Waals surface area contributed by atoms with Gasteiger partial charge in [-0.1, -0.05) is 13.8 Å². The van der Waals surface area contributed by atoms with Crippen LogP contribution < -0.4 is 0 Å². The molecule has 0 bridgehead atoms. The Bertz CT molecular complexity index is 612. The number of benzene rings is 1. The van der Waals surface area contributed by atoms with Crippen LogP contribution >= 0.6 is 0 Å². The van der Waals surface area contributed by atoms with E-state index in [1.54, 1.807) is 6.07 Å². The van der Waals surface area contributed by atoms with Crippen molar-refractivity contribution >= 4 is 16.8 Å². The zero-order chi connectivity index (χ0) is 14.7. The van der Waals surface area contributed by atoms with Crippen LogP contribution in [0.25, 0.3) is 10.9 Å². The van der Waals surface area contributed by atoms with Gasteiger partial charge in [-0.15, -0.1) is 0 Å². The summed E-state index contributed by atoms with van der Waals surface area (Å²) in [7, 11) is 0. The van der Waals surface area contributed by atoms with E-state index in [0.717, 1.165) is 42.4 Å². The number of aromatic amines is 1. The molecule has 1 aromatic heterocycles. The van der Waals surface area contributed by atoms with Crippen LogP contribution in [0.3, 0.4) is 0 Å². The fourth-order valence-electron chi connectivity index (χ4n) is 2.53. The minimum absolute atomic E-state index is 0.00260. The standard InChI is InChI=1S/C16H21FN2O/c1-4-8-19(9-5-2)16(20)15-11(3)13-10-12(17)6-7-14(13)18-15/h6-7,10,18H,4-5,8-9H2,1-3H3. The summed E-state index contributed by atoms with van der Waals surface area (Å²) in [5, 5.41) is 0.779. The van der Waals surface area contributed by atoms with E-state index >= 15 is 0 Å². The molecule has 0 saturated heterocycles. The summed E-state index contributed by atoms with van der Waals surface area (Å²) >= 11 is 0. The second-order valence-electron chi connectivity index (χ2n) is 5.11. The van der Waals surface area contributed by atoms with Gasteiger partial charge in [0.25, 0.3) is 5.91 Å². The molecule has 0 saturated carbocycles. The number of H-pyrrole nitrogens is 1. The number of hydrogen-bond acceptors (Lipinski definition) is 1. The van der Waals surface area contributed by atoms with Crippen molar-refractivity contribution in [2.45, 2.75) is 33.6 Å². The van der Waals surface area contributed by atoms with Crippen molar-refractivity contribution in [3.05, 3.63) is 35.3 Å². The Morgan fingerprint density at radius 1 is 1.25 bits per heavy atom. The van der Waals surface area contributed by atoms with E-state index in [0.29, 0.717) is 5.69 Å². The molecule has 0 aliphatic heterocycles. The van der Waals surface area contributed by atoms with Gasteiger partial charge in [-0.2, -0.15) is 0 Å². The van der Waals surface area contributed by atoms with Crippen LogP contribution in [0.5, 0.6) is 0 Å². The highest BCUT2D eigenvalue weighted by Gasteiger charge is 2.20. The smallest absolute Gasteiger partial charge is 0.270 e. The molecule has 1 heterocycles. The summed E-state index contributed by atoms with van der Waals surface area (Å²) in [5.74, 6) is -0.277. The van der Waals surface area contributed by atoms with E-state index in [2.05, 4.69) is 18.8 Å². The van der Waals surface area contributed by atoms with Gasteiger partial charge in [0, 0.05) is 24.0 Å². The third kappa shape index (κ3) is 2.69. The number of nitrogens with one attached hydrogen (secondary N) is 1. The molecule has 20 heavy (non-hydrogen) atoms. The summed E-state index contributed by atoms with van der Waals surface area (Å²) in [6.07, 6.45) is 1.86. The first-order valence-electron chi connectivity index (χ1n) is 7.15.